The van der Waals surface area contributed by atoms with Crippen LogP contribution in [0.4, 0.5) is 0 Å². The van der Waals surface area contributed by atoms with E-state index >= 15 is 0 Å². The van der Waals surface area contributed by atoms with Crippen LogP contribution in [0.15, 0.2) is 36.7 Å². The van der Waals surface area contributed by atoms with Crippen molar-refractivity contribution in [2.75, 3.05) is 0 Å². The molecular weight excluding hydrogens is 464 g/mol. The molecule has 3 rings (SSSR count). The number of carbonyl (C=O) groups is 1. The van der Waals surface area contributed by atoms with Crippen LogP contribution < -0.4 is 0 Å². The monoisotopic (exact) mass is 474 g/mol. The maximum atomic E-state index is 10.8. The molecule has 0 saturated heterocycles. The van der Waals surface area contributed by atoms with E-state index in [1.165, 1.54) is 0 Å². The number of hydrogen-bond donors (Lipinski definition) is 0. The third-order valence-corrected chi connectivity index (χ3v) is 5.33. The van der Waals surface area contributed by atoms with E-state index in [2.05, 4.69) is 26.4 Å². The number of nitrogens with zero attached hydrogens (tertiary/aromatic N) is 2. The molecule has 5 heteroatoms. The van der Waals surface area contributed by atoms with Crippen LogP contribution in [0.5, 0.6) is 0 Å². The van der Waals surface area contributed by atoms with Gasteiger partial charge in [0.05, 0.1) is 0 Å². The first kappa shape index (κ1) is 13.8. The summed E-state index contributed by atoms with van der Waals surface area (Å²) in [6, 6.07) is 9.51. The first-order valence-corrected chi connectivity index (χ1v) is 8.47. The summed E-state index contributed by atoms with van der Waals surface area (Å²) >= 11 is 6.99. The minimum absolute atomic E-state index is 0.586. The van der Waals surface area contributed by atoms with Gasteiger partial charge in [-0.3, -0.25) is 0 Å². The van der Waals surface area contributed by atoms with Gasteiger partial charge in [-0.1, -0.05) is 0 Å². The SMILES string of the molecule is Cc1c(-c2ccc(C=O)cc2Cl)ccc2c1nc[n]2[Tl]. The van der Waals surface area contributed by atoms with Crippen LogP contribution in [-0.2, 0) is 0 Å². The van der Waals surface area contributed by atoms with Crippen molar-refractivity contribution in [3.05, 3.63) is 52.8 Å². The Morgan fingerprint density at radius 1 is 1.25 bits per heavy atom. The summed E-state index contributed by atoms with van der Waals surface area (Å²) in [5.41, 5.74) is 5.87. The van der Waals surface area contributed by atoms with Gasteiger partial charge in [0.2, 0.25) is 0 Å². The Balaban J connectivity index is 2.24. The summed E-state index contributed by atoms with van der Waals surface area (Å²) in [6.45, 7) is 2.05. The van der Waals surface area contributed by atoms with Gasteiger partial charge in [-0.2, -0.15) is 0 Å². The van der Waals surface area contributed by atoms with E-state index in [-0.39, 0.29) is 0 Å². The van der Waals surface area contributed by atoms with E-state index in [4.69, 9.17) is 11.6 Å². The van der Waals surface area contributed by atoms with Gasteiger partial charge < -0.3 is 0 Å². The molecular formula is C15H10ClN2OTl. The van der Waals surface area contributed by atoms with Gasteiger partial charge in [-0.25, -0.2) is 0 Å². The fraction of sp³-hybridized carbons (Fsp3) is 0.0667. The van der Waals surface area contributed by atoms with Crippen LogP contribution >= 0.6 is 11.6 Å². The standard InChI is InChI=1S/C15H11ClN2O.Tl/c1-9-11(4-5-14-15(9)18-8-17-14)12-3-2-10(7-19)6-13(12)16;/h2-8H,1H3,(H,17,18,19);/q;+1/p-1. The second kappa shape index (κ2) is 5.29. The predicted molar refractivity (Wildman–Crippen MR) is 81.5 cm³/mol. The molecule has 1 heterocycles. The van der Waals surface area contributed by atoms with E-state index in [1.807, 2.05) is 12.4 Å². The number of halogens is 1. The molecule has 0 fully saturated rings. The molecule has 0 saturated carbocycles. The van der Waals surface area contributed by atoms with Gasteiger partial charge in [0, 0.05) is 0 Å². The molecule has 0 bridgehead atoms. The Kier molecular flexibility index (Phi) is 3.64. The molecule has 0 aliphatic rings. The van der Waals surface area contributed by atoms with Crippen LogP contribution in [0.1, 0.15) is 15.9 Å². The fourth-order valence-corrected chi connectivity index (χ4v) is 3.71. The number of rotatable bonds is 2. The van der Waals surface area contributed by atoms with Gasteiger partial charge in [-0.15, -0.1) is 0 Å². The third-order valence-electron chi connectivity index (χ3n) is 3.42. The average molecular weight is 474 g/mol. The van der Waals surface area contributed by atoms with Crippen molar-refractivity contribution >= 4 is 55.0 Å². The van der Waals surface area contributed by atoms with Crippen molar-refractivity contribution < 1.29 is 4.79 Å². The van der Waals surface area contributed by atoms with Gasteiger partial charge >= 0.3 is 138 Å². The zero-order valence-corrected chi connectivity index (χ0v) is 16.0. The summed E-state index contributed by atoms with van der Waals surface area (Å²) in [5, 5.41) is 0.587. The molecule has 0 unspecified atom stereocenters. The topological polar surface area (TPSA) is 34.9 Å². The van der Waals surface area contributed by atoms with Crippen LogP contribution in [0.3, 0.4) is 0 Å². The molecule has 20 heavy (non-hydrogen) atoms. The Bertz CT molecular complexity index is 826. The quantitative estimate of drug-likeness (QED) is 0.422. The number of aldehydes is 1. The summed E-state index contributed by atoms with van der Waals surface area (Å²) < 4.78 is 2.16. The van der Waals surface area contributed by atoms with Gasteiger partial charge in [0.15, 0.2) is 0 Å². The van der Waals surface area contributed by atoms with Crippen LogP contribution in [-0.4, -0.2) is 39.7 Å². The zero-order chi connectivity index (χ0) is 14.3. The molecule has 0 spiro atoms. The van der Waals surface area contributed by atoms with Crippen LogP contribution in [0.25, 0.3) is 22.2 Å². The molecule has 3 nitrogen and oxygen atoms in total. The van der Waals surface area contributed by atoms with E-state index in [0.29, 0.717) is 36.7 Å². The summed E-state index contributed by atoms with van der Waals surface area (Å²) in [5.74, 6) is 0. The average Bonchev–Trinajstić information content (AvgIpc) is 2.82. The van der Waals surface area contributed by atoms with Crippen LogP contribution in [0, 0.1) is 6.92 Å². The van der Waals surface area contributed by atoms with Crippen molar-refractivity contribution in [1.29, 1.82) is 0 Å². The predicted octanol–water partition coefficient (Wildman–Crippen LogP) is 3.41. The number of hydrogen-bond acceptors (Lipinski definition) is 2. The number of aromatic nitrogens is 2. The van der Waals surface area contributed by atoms with Crippen molar-refractivity contribution in [1.82, 2.24) is 7.36 Å². The maximum absolute atomic E-state index is 10.8. The Morgan fingerprint density at radius 3 is 2.70 bits per heavy atom. The molecule has 2 aromatic carbocycles. The first-order chi connectivity index (χ1) is 9.61. The van der Waals surface area contributed by atoms with Gasteiger partial charge in [0.1, 0.15) is 0 Å². The number of fused-ring (bicyclic) bond motifs is 1. The molecule has 0 atom stereocenters. The van der Waals surface area contributed by atoms with E-state index in [9.17, 15) is 4.79 Å². The molecule has 0 radical (unpaired) electrons. The molecule has 0 aliphatic heterocycles. The molecule has 0 amide bonds. The molecule has 0 N–H and O–H groups in total. The second-order valence-corrected chi connectivity index (χ2v) is 7.18. The summed E-state index contributed by atoms with van der Waals surface area (Å²) in [6.07, 6.45) is 2.68. The van der Waals surface area contributed by atoms with Crippen molar-refractivity contribution in [2.45, 2.75) is 6.92 Å². The van der Waals surface area contributed by atoms with Crippen molar-refractivity contribution in [3.63, 3.8) is 0 Å². The Morgan fingerprint density at radius 2 is 2.00 bits per heavy atom. The van der Waals surface area contributed by atoms with E-state index in [0.717, 1.165) is 34.0 Å². The molecule has 0 aliphatic carbocycles. The Labute approximate surface area is 137 Å². The normalized spacial score (nSPS) is 10.8. The number of carbonyl (C=O) groups excluding carboxylic acids is 1. The molecule has 96 valence electrons. The third kappa shape index (κ3) is 2.18. The van der Waals surface area contributed by atoms with Crippen LogP contribution in [0.2, 0.25) is 5.02 Å². The first-order valence-electron chi connectivity index (χ1n) is 6.08. The van der Waals surface area contributed by atoms with Crippen molar-refractivity contribution in [3.8, 4) is 11.1 Å². The minimum atomic E-state index is 0.586. The molecule has 1 aromatic heterocycles. The fourth-order valence-electron chi connectivity index (χ4n) is 2.35. The molecule has 3 aromatic rings. The van der Waals surface area contributed by atoms with E-state index < -0.39 is 0 Å². The summed E-state index contributed by atoms with van der Waals surface area (Å²) in [7, 11) is 0. The van der Waals surface area contributed by atoms with E-state index in [1.54, 1.807) is 12.1 Å². The number of benzene rings is 2. The number of aryl methyl sites for hydroxylation is 1. The Hall–Kier alpha value is -1.21. The summed E-state index contributed by atoms with van der Waals surface area (Å²) in [4.78, 5) is 15.3. The van der Waals surface area contributed by atoms with Crippen molar-refractivity contribution in [2.24, 2.45) is 0 Å². The zero-order valence-electron chi connectivity index (χ0n) is 10.8. The van der Waals surface area contributed by atoms with Gasteiger partial charge in [-0.05, 0) is 0 Å². The number of imidazole rings is 1. The van der Waals surface area contributed by atoms with Gasteiger partial charge in [0.25, 0.3) is 0 Å². The second-order valence-electron chi connectivity index (χ2n) is 4.61.